The molecule has 0 unspecified atom stereocenters. The van der Waals surface area contributed by atoms with Crippen molar-refractivity contribution in [3.8, 4) is 23.0 Å². The summed E-state index contributed by atoms with van der Waals surface area (Å²) < 4.78 is 29.7. The number of rotatable bonds is 11. The quantitative estimate of drug-likeness (QED) is 0.240. The number of thiazole rings is 1. The van der Waals surface area contributed by atoms with Crippen molar-refractivity contribution in [2.75, 3.05) is 27.9 Å². The first-order valence-electron chi connectivity index (χ1n) is 14.2. The summed E-state index contributed by atoms with van der Waals surface area (Å²) in [6, 6.07) is 16.2. The highest BCUT2D eigenvalue weighted by atomic mass is 32.1. The zero-order valence-electron chi connectivity index (χ0n) is 25.9. The lowest BCUT2D eigenvalue weighted by atomic mass is 9.95. The highest BCUT2D eigenvalue weighted by molar-refractivity contribution is 7.07. The average Bonchev–Trinajstić information content (AvgIpc) is 3.36. The molecule has 0 bridgehead atoms. The van der Waals surface area contributed by atoms with E-state index in [0.29, 0.717) is 54.7 Å². The fourth-order valence-electron chi connectivity index (χ4n) is 5.13. The second kappa shape index (κ2) is 13.7. The second-order valence-electron chi connectivity index (χ2n) is 10.1. The highest BCUT2D eigenvalue weighted by Crippen LogP contribution is 2.36. The number of benzene rings is 3. The minimum absolute atomic E-state index is 0.133. The molecule has 0 saturated carbocycles. The molecule has 46 heavy (non-hydrogen) atoms. The van der Waals surface area contributed by atoms with Gasteiger partial charge in [0.05, 0.1) is 55.3 Å². The van der Waals surface area contributed by atoms with Crippen molar-refractivity contribution in [1.29, 1.82) is 0 Å². The van der Waals surface area contributed by atoms with Crippen molar-refractivity contribution in [1.82, 2.24) is 4.57 Å². The van der Waals surface area contributed by atoms with Gasteiger partial charge >= 0.3 is 11.9 Å². The number of hydrogen-bond donors (Lipinski definition) is 1. The Morgan fingerprint density at radius 2 is 1.67 bits per heavy atom. The first-order valence-corrected chi connectivity index (χ1v) is 15.0. The SMILES string of the molecule is CCOC(=O)C1=C(C)N=c2s/c(=C/c3ccc(OCc4cccc(C(=O)O)c4)c(OC)c3)c(=O)n2[C@@H]1c1ccc(OC)c(OC)c1. The van der Waals surface area contributed by atoms with E-state index in [2.05, 4.69) is 4.99 Å². The van der Waals surface area contributed by atoms with Crippen LogP contribution in [0, 0.1) is 0 Å². The fourth-order valence-corrected chi connectivity index (χ4v) is 6.18. The molecule has 1 atom stereocenters. The van der Waals surface area contributed by atoms with Gasteiger partial charge in [-0.1, -0.05) is 35.6 Å². The molecule has 0 amide bonds. The van der Waals surface area contributed by atoms with E-state index >= 15 is 0 Å². The maximum atomic E-state index is 14.0. The summed E-state index contributed by atoms with van der Waals surface area (Å²) in [7, 11) is 4.55. The van der Waals surface area contributed by atoms with Crippen LogP contribution in [0.3, 0.4) is 0 Å². The van der Waals surface area contributed by atoms with E-state index < -0.39 is 18.0 Å². The molecule has 11 nitrogen and oxygen atoms in total. The third-order valence-corrected chi connectivity index (χ3v) is 8.28. The topological polar surface area (TPSA) is 135 Å². The number of carboxylic acids is 1. The lowest BCUT2D eigenvalue weighted by molar-refractivity contribution is -0.139. The summed E-state index contributed by atoms with van der Waals surface area (Å²) in [4.78, 5) is 43.6. The number of esters is 1. The lowest BCUT2D eigenvalue weighted by Crippen LogP contribution is -2.39. The summed E-state index contributed by atoms with van der Waals surface area (Å²) in [6.45, 7) is 3.73. The monoisotopic (exact) mass is 644 g/mol. The van der Waals surface area contributed by atoms with Crippen molar-refractivity contribution in [2.45, 2.75) is 26.5 Å². The van der Waals surface area contributed by atoms with Crippen LogP contribution in [0.4, 0.5) is 0 Å². The predicted molar refractivity (Wildman–Crippen MR) is 171 cm³/mol. The maximum Gasteiger partial charge on any atom is 0.338 e. The van der Waals surface area contributed by atoms with Crippen molar-refractivity contribution in [3.05, 3.63) is 114 Å². The van der Waals surface area contributed by atoms with E-state index in [1.165, 1.54) is 43.3 Å². The minimum Gasteiger partial charge on any atom is -0.493 e. The molecule has 5 rings (SSSR count). The molecule has 0 fully saturated rings. The Morgan fingerprint density at radius 1 is 0.957 bits per heavy atom. The van der Waals surface area contributed by atoms with E-state index in [1.54, 1.807) is 74.5 Å². The third-order valence-electron chi connectivity index (χ3n) is 7.29. The van der Waals surface area contributed by atoms with Gasteiger partial charge in [-0.15, -0.1) is 0 Å². The van der Waals surface area contributed by atoms with E-state index in [-0.39, 0.29) is 29.9 Å². The van der Waals surface area contributed by atoms with Gasteiger partial charge in [0, 0.05) is 0 Å². The lowest BCUT2D eigenvalue weighted by Gasteiger charge is -2.25. The van der Waals surface area contributed by atoms with Gasteiger partial charge in [-0.05, 0) is 73.0 Å². The van der Waals surface area contributed by atoms with E-state index in [9.17, 15) is 19.5 Å². The molecule has 1 aliphatic heterocycles. The fraction of sp³-hybridized carbons (Fsp3) is 0.235. The van der Waals surface area contributed by atoms with Crippen molar-refractivity contribution in [2.24, 2.45) is 4.99 Å². The smallest absolute Gasteiger partial charge is 0.338 e. The Bertz CT molecular complexity index is 2030. The Labute approximate surface area is 268 Å². The molecule has 12 heteroatoms. The van der Waals surface area contributed by atoms with Crippen LogP contribution in [-0.4, -0.2) is 49.5 Å². The number of hydrogen-bond acceptors (Lipinski definition) is 10. The van der Waals surface area contributed by atoms with E-state index in [0.717, 1.165) is 0 Å². The van der Waals surface area contributed by atoms with E-state index in [1.807, 2.05) is 0 Å². The number of aromatic nitrogens is 1. The van der Waals surface area contributed by atoms with Gasteiger partial charge in [0.1, 0.15) is 6.61 Å². The van der Waals surface area contributed by atoms with Crippen LogP contribution in [0.5, 0.6) is 23.0 Å². The van der Waals surface area contributed by atoms with Crippen LogP contribution in [0.1, 0.15) is 46.9 Å². The normalized spacial score (nSPS) is 14.3. The first kappa shape index (κ1) is 32.0. The van der Waals surface area contributed by atoms with Crippen LogP contribution in [0.2, 0.25) is 0 Å². The molecule has 0 radical (unpaired) electrons. The van der Waals surface area contributed by atoms with Gasteiger partial charge in [0.25, 0.3) is 5.56 Å². The van der Waals surface area contributed by atoms with Gasteiger partial charge in [0.2, 0.25) is 0 Å². The minimum atomic E-state index is -1.02. The number of carbonyl (C=O) groups excluding carboxylic acids is 1. The zero-order chi connectivity index (χ0) is 33.0. The largest absolute Gasteiger partial charge is 0.493 e. The molecular formula is C34H32N2O9S. The molecule has 1 N–H and O–H groups in total. The summed E-state index contributed by atoms with van der Waals surface area (Å²) in [5.74, 6) is 0.255. The van der Waals surface area contributed by atoms with Crippen LogP contribution in [0.15, 0.2) is 81.7 Å². The molecule has 1 aromatic heterocycles. The zero-order valence-corrected chi connectivity index (χ0v) is 26.7. The third kappa shape index (κ3) is 6.38. The standard InChI is InChI=1S/C34H32N2O9S/c1-6-44-33(40)29-19(2)35-34-36(30(29)22-11-13-24(41-3)27(17-22)43-5)31(37)28(46-34)16-20-10-12-25(26(15-20)42-4)45-18-21-8-7-9-23(14-21)32(38)39/h7-17,30H,6,18H2,1-5H3,(H,38,39)/b28-16+/t30-/m1/s1. The van der Waals surface area contributed by atoms with Crippen LogP contribution in [-0.2, 0) is 16.1 Å². The highest BCUT2D eigenvalue weighted by Gasteiger charge is 2.34. The number of carbonyl (C=O) groups is 2. The Hall–Kier alpha value is -5.36. The Kier molecular flexibility index (Phi) is 9.57. The van der Waals surface area contributed by atoms with Gasteiger partial charge in [-0.3, -0.25) is 9.36 Å². The number of allylic oxidation sites excluding steroid dienone is 1. The van der Waals surface area contributed by atoms with Crippen LogP contribution < -0.4 is 33.8 Å². The molecule has 0 spiro atoms. The van der Waals surface area contributed by atoms with Crippen molar-refractivity contribution in [3.63, 3.8) is 0 Å². The van der Waals surface area contributed by atoms with Gasteiger partial charge in [-0.25, -0.2) is 14.6 Å². The molecule has 1 aliphatic rings. The summed E-state index contributed by atoms with van der Waals surface area (Å²) in [6.07, 6.45) is 1.72. The second-order valence-corrected chi connectivity index (χ2v) is 11.1. The average molecular weight is 645 g/mol. The summed E-state index contributed by atoms with van der Waals surface area (Å²) in [5.41, 5.74) is 2.52. The molecule has 2 heterocycles. The molecule has 0 saturated heterocycles. The maximum absolute atomic E-state index is 14.0. The molecular weight excluding hydrogens is 612 g/mol. The molecule has 238 valence electrons. The summed E-state index contributed by atoms with van der Waals surface area (Å²) in [5, 5.41) is 9.26. The molecule has 4 aromatic rings. The van der Waals surface area contributed by atoms with Crippen molar-refractivity contribution >= 4 is 29.4 Å². The van der Waals surface area contributed by atoms with Gasteiger partial charge < -0.3 is 28.8 Å². The van der Waals surface area contributed by atoms with Gasteiger partial charge in [-0.2, -0.15) is 0 Å². The Balaban J connectivity index is 1.54. The number of methoxy groups -OCH3 is 3. The number of nitrogens with zero attached hydrogens (tertiary/aromatic N) is 2. The molecule has 0 aliphatic carbocycles. The Morgan fingerprint density at radius 3 is 2.37 bits per heavy atom. The number of ether oxygens (including phenoxy) is 5. The van der Waals surface area contributed by atoms with E-state index in [4.69, 9.17) is 23.7 Å². The summed E-state index contributed by atoms with van der Waals surface area (Å²) >= 11 is 1.20. The number of aromatic carboxylic acids is 1. The van der Waals surface area contributed by atoms with Crippen molar-refractivity contribution < 1.29 is 38.4 Å². The molecule has 3 aromatic carbocycles. The number of carboxylic acid groups (broad SMARTS) is 1. The first-order chi connectivity index (χ1) is 22.2. The number of fused-ring (bicyclic) bond motifs is 1. The van der Waals surface area contributed by atoms with Gasteiger partial charge in [0.15, 0.2) is 27.8 Å². The van der Waals surface area contributed by atoms with Crippen LogP contribution in [0.25, 0.3) is 6.08 Å². The predicted octanol–water partition coefficient (Wildman–Crippen LogP) is 4.10. The van der Waals surface area contributed by atoms with Crippen LogP contribution >= 0.6 is 11.3 Å².